The Morgan fingerprint density at radius 3 is 1.05 bits per heavy atom. The zero-order chi connectivity index (χ0) is 42.3. The molecule has 0 saturated heterocycles. The molecule has 0 fully saturated rings. The predicted octanol–water partition coefficient (Wildman–Crippen LogP) is 16.1. The monoisotopic (exact) mass is 815 g/mol. The molecule has 0 aromatic rings. The average Bonchev–Trinajstić information content (AvgIpc) is 3.22. The molecule has 0 aromatic heterocycles. The molecule has 0 N–H and O–H groups in total. The van der Waals surface area contributed by atoms with Gasteiger partial charge in [-0.25, -0.2) is 0 Å². The second kappa shape index (κ2) is 47.3. The van der Waals surface area contributed by atoms with Crippen molar-refractivity contribution >= 4 is 17.9 Å². The first kappa shape index (κ1) is 55.6. The van der Waals surface area contributed by atoms with Crippen LogP contribution in [0.3, 0.4) is 0 Å². The van der Waals surface area contributed by atoms with Crippen LogP contribution in [0.25, 0.3) is 0 Å². The zero-order valence-corrected chi connectivity index (χ0v) is 38.6. The Labute approximate surface area is 359 Å². The van der Waals surface area contributed by atoms with E-state index in [2.05, 4.69) is 57.2 Å². The average molecular weight is 815 g/mol. The third-order valence-electron chi connectivity index (χ3n) is 10.9. The summed E-state index contributed by atoms with van der Waals surface area (Å²) in [7, 11) is 0. The van der Waals surface area contributed by atoms with Gasteiger partial charge in [-0.2, -0.15) is 0 Å². The van der Waals surface area contributed by atoms with Crippen molar-refractivity contribution in [3.8, 4) is 0 Å². The number of rotatable bonds is 45. The fourth-order valence-corrected chi connectivity index (χ4v) is 7.16. The SMILES string of the molecule is CC/C=C\C/C=C\C/C=C\CCCCCC(=O)OC(COC(=O)CCCCCCCCCCCC)COC(=O)CCCCCCCCCCCCCCCCCCC. The Kier molecular flexibility index (Phi) is 45.4. The molecule has 0 rings (SSSR count). The molecule has 0 aliphatic carbocycles. The molecule has 0 radical (unpaired) electrons. The summed E-state index contributed by atoms with van der Waals surface area (Å²) in [5.41, 5.74) is 0. The lowest BCUT2D eigenvalue weighted by Crippen LogP contribution is -2.30. The number of esters is 3. The molecule has 0 aliphatic heterocycles. The lowest BCUT2D eigenvalue weighted by Gasteiger charge is -2.18. The third kappa shape index (κ3) is 44.7. The fourth-order valence-electron chi connectivity index (χ4n) is 7.16. The lowest BCUT2D eigenvalue weighted by molar-refractivity contribution is -0.167. The van der Waals surface area contributed by atoms with Gasteiger partial charge in [0, 0.05) is 19.3 Å². The number of carbonyl (C=O) groups excluding carboxylic acids is 3. The van der Waals surface area contributed by atoms with E-state index in [1.807, 2.05) is 0 Å². The molecule has 1 unspecified atom stereocenters. The van der Waals surface area contributed by atoms with Crippen LogP contribution in [-0.4, -0.2) is 37.2 Å². The highest BCUT2D eigenvalue weighted by atomic mass is 16.6. The number of carbonyl (C=O) groups is 3. The van der Waals surface area contributed by atoms with E-state index in [4.69, 9.17) is 14.2 Å². The number of allylic oxidation sites excluding steroid dienone is 6. The maximum atomic E-state index is 12.7. The van der Waals surface area contributed by atoms with E-state index in [1.165, 1.54) is 135 Å². The van der Waals surface area contributed by atoms with E-state index in [1.54, 1.807) is 0 Å². The standard InChI is InChI=1S/C52H94O6/c1-4-7-10-13-16-19-22-24-25-26-27-29-30-33-36-39-42-45-51(54)57-48-49(47-56-50(53)44-41-38-35-32-21-18-15-12-9-6-3)58-52(55)46-43-40-37-34-31-28-23-20-17-14-11-8-5-2/h8,11,17,20,28,31,49H,4-7,9-10,12-16,18-19,21-27,29-30,32-48H2,1-3H3/b11-8-,20-17-,31-28-. The molecule has 0 aliphatic rings. The van der Waals surface area contributed by atoms with Crippen molar-refractivity contribution in [1.82, 2.24) is 0 Å². The summed E-state index contributed by atoms with van der Waals surface area (Å²) in [5, 5.41) is 0. The van der Waals surface area contributed by atoms with Crippen LogP contribution < -0.4 is 0 Å². The fraction of sp³-hybridized carbons (Fsp3) is 0.827. The number of hydrogen-bond acceptors (Lipinski definition) is 6. The first-order valence-electron chi connectivity index (χ1n) is 25.0. The smallest absolute Gasteiger partial charge is 0.306 e. The summed E-state index contributed by atoms with van der Waals surface area (Å²) in [4.78, 5) is 37.8. The van der Waals surface area contributed by atoms with Crippen molar-refractivity contribution < 1.29 is 28.6 Å². The highest BCUT2D eigenvalue weighted by Crippen LogP contribution is 2.16. The van der Waals surface area contributed by atoms with Crippen LogP contribution in [-0.2, 0) is 28.6 Å². The van der Waals surface area contributed by atoms with E-state index >= 15 is 0 Å². The van der Waals surface area contributed by atoms with E-state index in [0.717, 1.165) is 83.5 Å². The first-order valence-corrected chi connectivity index (χ1v) is 25.0. The minimum atomic E-state index is -0.780. The molecule has 0 aromatic carbocycles. The van der Waals surface area contributed by atoms with E-state index in [9.17, 15) is 14.4 Å². The second-order valence-corrected chi connectivity index (χ2v) is 16.7. The molecule has 0 bridgehead atoms. The summed E-state index contributed by atoms with van der Waals surface area (Å²) < 4.78 is 16.7. The zero-order valence-electron chi connectivity index (χ0n) is 38.6. The summed E-state index contributed by atoms with van der Waals surface area (Å²) in [6, 6.07) is 0. The Balaban J connectivity index is 4.33. The van der Waals surface area contributed by atoms with Crippen LogP contribution in [0.15, 0.2) is 36.5 Å². The summed E-state index contributed by atoms with van der Waals surface area (Å²) in [6.45, 7) is 6.50. The molecule has 0 heterocycles. The molecule has 6 heteroatoms. The Morgan fingerprint density at radius 1 is 0.362 bits per heavy atom. The normalized spacial score (nSPS) is 12.3. The largest absolute Gasteiger partial charge is 0.462 e. The van der Waals surface area contributed by atoms with Crippen LogP contribution in [0.1, 0.15) is 258 Å². The highest BCUT2D eigenvalue weighted by Gasteiger charge is 2.19. The molecule has 0 spiro atoms. The van der Waals surface area contributed by atoms with Crippen LogP contribution >= 0.6 is 0 Å². The maximum Gasteiger partial charge on any atom is 0.306 e. The molecule has 58 heavy (non-hydrogen) atoms. The Bertz CT molecular complexity index is 984. The number of ether oxygens (including phenoxy) is 3. The van der Waals surface area contributed by atoms with Gasteiger partial charge in [0.2, 0.25) is 0 Å². The van der Waals surface area contributed by atoms with Crippen molar-refractivity contribution in [2.75, 3.05) is 13.2 Å². The molecule has 338 valence electrons. The van der Waals surface area contributed by atoms with Crippen molar-refractivity contribution in [3.63, 3.8) is 0 Å². The summed E-state index contributed by atoms with van der Waals surface area (Å²) in [6.07, 6.45) is 54.2. The van der Waals surface area contributed by atoms with Crippen molar-refractivity contribution in [3.05, 3.63) is 36.5 Å². The van der Waals surface area contributed by atoms with E-state index in [-0.39, 0.29) is 31.1 Å². The summed E-state index contributed by atoms with van der Waals surface area (Å²) >= 11 is 0. The van der Waals surface area contributed by atoms with Crippen LogP contribution in [0.5, 0.6) is 0 Å². The van der Waals surface area contributed by atoms with Crippen LogP contribution in [0, 0.1) is 0 Å². The van der Waals surface area contributed by atoms with Gasteiger partial charge in [-0.1, -0.05) is 224 Å². The van der Waals surface area contributed by atoms with Gasteiger partial charge in [-0.15, -0.1) is 0 Å². The second-order valence-electron chi connectivity index (χ2n) is 16.7. The van der Waals surface area contributed by atoms with Gasteiger partial charge in [0.05, 0.1) is 0 Å². The highest BCUT2D eigenvalue weighted by molar-refractivity contribution is 5.71. The minimum absolute atomic E-state index is 0.0802. The minimum Gasteiger partial charge on any atom is -0.462 e. The Hall–Kier alpha value is -2.37. The van der Waals surface area contributed by atoms with E-state index in [0.29, 0.717) is 19.3 Å². The lowest BCUT2D eigenvalue weighted by atomic mass is 10.0. The molecular formula is C52H94O6. The number of unbranched alkanes of at least 4 members (excludes halogenated alkanes) is 28. The van der Waals surface area contributed by atoms with Crippen LogP contribution in [0.4, 0.5) is 0 Å². The molecule has 6 nitrogen and oxygen atoms in total. The molecular weight excluding hydrogens is 721 g/mol. The van der Waals surface area contributed by atoms with Crippen molar-refractivity contribution in [1.29, 1.82) is 0 Å². The van der Waals surface area contributed by atoms with Crippen molar-refractivity contribution in [2.24, 2.45) is 0 Å². The van der Waals surface area contributed by atoms with Crippen molar-refractivity contribution in [2.45, 2.75) is 264 Å². The van der Waals surface area contributed by atoms with Gasteiger partial charge in [0.1, 0.15) is 13.2 Å². The van der Waals surface area contributed by atoms with Gasteiger partial charge in [-0.3, -0.25) is 14.4 Å². The van der Waals surface area contributed by atoms with E-state index < -0.39 is 6.10 Å². The third-order valence-corrected chi connectivity index (χ3v) is 10.9. The van der Waals surface area contributed by atoms with Gasteiger partial charge in [-0.05, 0) is 51.4 Å². The topological polar surface area (TPSA) is 78.9 Å². The van der Waals surface area contributed by atoms with Gasteiger partial charge < -0.3 is 14.2 Å². The maximum absolute atomic E-state index is 12.7. The predicted molar refractivity (Wildman–Crippen MR) is 247 cm³/mol. The van der Waals surface area contributed by atoms with Gasteiger partial charge >= 0.3 is 17.9 Å². The first-order chi connectivity index (χ1) is 28.5. The van der Waals surface area contributed by atoms with Gasteiger partial charge in [0.25, 0.3) is 0 Å². The van der Waals surface area contributed by atoms with Gasteiger partial charge in [0.15, 0.2) is 6.10 Å². The quantitative estimate of drug-likeness (QED) is 0.0264. The molecule has 0 amide bonds. The summed E-state index contributed by atoms with van der Waals surface area (Å²) in [5.74, 6) is -0.902. The molecule has 1 atom stereocenters. The number of hydrogen-bond donors (Lipinski definition) is 0. The Morgan fingerprint density at radius 2 is 0.672 bits per heavy atom. The molecule has 0 saturated carbocycles. The van der Waals surface area contributed by atoms with Crippen LogP contribution in [0.2, 0.25) is 0 Å².